The van der Waals surface area contributed by atoms with E-state index in [2.05, 4.69) is 15.3 Å². The van der Waals surface area contributed by atoms with E-state index < -0.39 is 11.9 Å². The molecule has 0 saturated heterocycles. The molecule has 24 heavy (non-hydrogen) atoms. The molecular formula is C15H16N4O4S. The van der Waals surface area contributed by atoms with Gasteiger partial charge in [0.05, 0.1) is 29.8 Å². The molecule has 0 atom stereocenters. The van der Waals surface area contributed by atoms with E-state index in [-0.39, 0.29) is 29.5 Å². The van der Waals surface area contributed by atoms with Gasteiger partial charge in [0.15, 0.2) is 5.16 Å². The number of carbonyl (C=O) groups is 3. The second-order valence-electron chi connectivity index (χ2n) is 4.57. The van der Waals surface area contributed by atoms with Crippen LogP contribution in [0.15, 0.2) is 35.6 Å². The Hall–Kier alpha value is -2.81. The molecule has 0 unspecified atom stereocenters. The second-order valence-corrected chi connectivity index (χ2v) is 5.53. The van der Waals surface area contributed by atoms with Crippen LogP contribution in [0.3, 0.4) is 0 Å². The van der Waals surface area contributed by atoms with Crippen LogP contribution < -0.4 is 11.1 Å². The van der Waals surface area contributed by atoms with Crippen molar-refractivity contribution in [2.45, 2.75) is 12.1 Å². The first-order valence-electron chi connectivity index (χ1n) is 7.05. The van der Waals surface area contributed by atoms with E-state index in [1.165, 1.54) is 12.3 Å². The number of para-hydroxylation sites is 1. The highest BCUT2D eigenvalue weighted by Gasteiger charge is 2.13. The molecule has 0 saturated carbocycles. The zero-order chi connectivity index (χ0) is 17.5. The molecule has 1 aromatic heterocycles. The number of thioether (sulfide) groups is 1. The number of aromatic amines is 1. The normalized spacial score (nSPS) is 10.2. The van der Waals surface area contributed by atoms with Gasteiger partial charge >= 0.3 is 5.97 Å². The highest BCUT2D eigenvalue weighted by Crippen LogP contribution is 2.17. The van der Waals surface area contributed by atoms with Crippen LogP contribution in [0.25, 0.3) is 0 Å². The molecule has 0 aliphatic heterocycles. The molecular weight excluding hydrogens is 332 g/mol. The van der Waals surface area contributed by atoms with Gasteiger partial charge in [0.1, 0.15) is 5.69 Å². The van der Waals surface area contributed by atoms with Crippen molar-refractivity contribution in [3.63, 3.8) is 0 Å². The van der Waals surface area contributed by atoms with Crippen molar-refractivity contribution in [3.05, 3.63) is 41.7 Å². The van der Waals surface area contributed by atoms with E-state index in [1.54, 1.807) is 25.1 Å². The van der Waals surface area contributed by atoms with Gasteiger partial charge in [-0.05, 0) is 19.1 Å². The van der Waals surface area contributed by atoms with Crippen LogP contribution in [0.2, 0.25) is 0 Å². The lowest BCUT2D eigenvalue weighted by Gasteiger charge is -2.08. The van der Waals surface area contributed by atoms with Crippen molar-refractivity contribution >= 4 is 35.2 Å². The van der Waals surface area contributed by atoms with Crippen molar-refractivity contribution in [3.8, 4) is 0 Å². The largest absolute Gasteiger partial charge is 0.461 e. The van der Waals surface area contributed by atoms with Gasteiger partial charge in [0.25, 0.3) is 5.91 Å². The first kappa shape index (κ1) is 17.5. The number of benzene rings is 1. The molecule has 4 N–H and O–H groups in total. The Balaban J connectivity index is 1.92. The molecule has 0 spiro atoms. The Morgan fingerprint density at radius 2 is 2.08 bits per heavy atom. The molecule has 1 heterocycles. The number of ether oxygens (including phenoxy) is 1. The standard InChI is InChI=1S/C15H16N4O4S/c1-2-23-14(22)11-7-17-15(19-11)24-8-12(20)18-10-6-4-3-5-9(10)13(16)21/h3-7H,2,8H2,1H3,(H2,16,21)(H,17,19)(H,18,20). The van der Waals surface area contributed by atoms with Crippen LogP contribution in [-0.2, 0) is 9.53 Å². The van der Waals surface area contributed by atoms with Gasteiger partial charge in [-0.3, -0.25) is 9.59 Å². The number of imidazole rings is 1. The lowest BCUT2D eigenvalue weighted by atomic mass is 10.1. The number of nitrogens with two attached hydrogens (primary N) is 1. The zero-order valence-corrected chi connectivity index (χ0v) is 13.7. The molecule has 2 amide bonds. The zero-order valence-electron chi connectivity index (χ0n) is 12.9. The van der Waals surface area contributed by atoms with Crippen molar-refractivity contribution in [2.75, 3.05) is 17.7 Å². The summed E-state index contributed by atoms with van der Waals surface area (Å²) in [6.45, 7) is 1.97. The monoisotopic (exact) mass is 348 g/mol. The third kappa shape index (κ3) is 4.59. The van der Waals surface area contributed by atoms with Gasteiger partial charge in [-0.25, -0.2) is 9.78 Å². The number of amides is 2. The van der Waals surface area contributed by atoms with E-state index in [1.807, 2.05) is 0 Å². The number of aromatic nitrogens is 2. The van der Waals surface area contributed by atoms with Crippen molar-refractivity contribution in [1.29, 1.82) is 0 Å². The maximum atomic E-state index is 12.0. The molecule has 126 valence electrons. The Kier molecular flexibility index (Phi) is 5.96. The average Bonchev–Trinajstić information content (AvgIpc) is 3.02. The van der Waals surface area contributed by atoms with Gasteiger partial charge in [0, 0.05) is 0 Å². The number of carbonyl (C=O) groups excluding carboxylic acids is 3. The highest BCUT2D eigenvalue weighted by atomic mass is 32.2. The summed E-state index contributed by atoms with van der Waals surface area (Å²) in [5, 5.41) is 3.03. The minimum atomic E-state index is -0.622. The summed E-state index contributed by atoms with van der Waals surface area (Å²) in [6.07, 6.45) is 1.35. The van der Waals surface area contributed by atoms with E-state index in [0.717, 1.165) is 11.8 Å². The Labute approximate surface area is 142 Å². The SMILES string of the molecule is CCOC(=O)c1cnc(SCC(=O)Nc2ccccc2C(N)=O)[nH]1. The minimum absolute atomic E-state index is 0.0445. The van der Waals surface area contributed by atoms with E-state index >= 15 is 0 Å². The molecule has 1 aromatic carbocycles. The van der Waals surface area contributed by atoms with Crippen LogP contribution in [0.1, 0.15) is 27.8 Å². The summed E-state index contributed by atoms with van der Waals surface area (Å²) in [4.78, 5) is 41.6. The predicted octanol–water partition coefficient (Wildman–Crippen LogP) is 1.42. The van der Waals surface area contributed by atoms with Gasteiger partial charge in [-0.1, -0.05) is 23.9 Å². The first-order valence-corrected chi connectivity index (χ1v) is 8.03. The van der Waals surface area contributed by atoms with Crippen LogP contribution in [0.4, 0.5) is 5.69 Å². The van der Waals surface area contributed by atoms with E-state index in [4.69, 9.17) is 10.5 Å². The van der Waals surface area contributed by atoms with Crippen LogP contribution in [-0.4, -0.2) is 40.1 Å². The van der Waals surface area contributed by atoms with Crippen molar-refractivity contribution in [2.24, 2.45) is 5.73 Å². The summed E-state index contributed by atoms with van der Waals surface area (Å²) in [6, 6.07) is 6.47. The van der Waals surface area contributed by atoms with Crippen LogP contribution in [0.5, 0.6) is 0 Å². The summed E-state index contributed by atoms with van der Waals surface area (Å²) >= 11 is 1.12. The third-order valence-electron chi connectivity index (χ3n) is 2.85. The third-order valence-corrected chi connectivity index (χ3v) is 3.74. The lowest BCUT2D eigenvalue weighted by Crippen LogP contribution is -2.19. The summed E-state index contributed by atoms with van der Waals surface area (Å²) in [7, 11) is 0. The fourth-order valence-corrected chi connectivity index (χ4v) is 2.47. The quantitative estimate of drug-likeness (QED) is 0.513. The molecule has 0 radical (unpaired) electrons. The summed E-state index contributed by atoms with van der Waals surface area (Å²) < 4.78 is 4.84. The smallest absolute Gasteiger partial charge is 0.356 e. The number of hydrogen-bond acceptors (Lipinski definition) is 6. The molecule has 2 rings (SSSR count). The van der Waals surface area contributed by atoms with Crippen molar-refractivity contribution < 1.29 is 19.1 Å². The van der Waals surface area contributed by atoms with Gasteiger partial charge in [-0.15, -0.1) is 0 Å². The number of primary amides is 1. The number of esters is 1. The topological polar surface area (TPSA) is 127 Å². The molecule has 9 heteroatoms. The Morgan fingerprint density at radius 1 is 1.33 bits per heavy atom. The minimum Gasteiger partial charge on any atom is -0.461 e. The Bertz CT molecular complexity index is 759. The number of hydrogen-bond donors (Lipinski definition) is 3. The fourth-order valence-electron chi connectivity index (χ4n) is 1.82. The molecule has 8 nitrogen and oxygen atoms in total. The predicted molar refractivity (Wildman–Crippen MR) is 88.9 cm³/mol. The average molecular weight is 348 g/mol. The number of H-pyrrole nitrogens is 1. The first-order chi connectivity index (χ1) is 11.5. The van der Waals surface area contributed by atoms with Gasteiger partial charge in [-0.2, -0.15) is 0 Å². The number of rotatable bonds is 7. The molecule has 0 fully saturated rings. The van der Waals surface area contributed by atoms with Crippen LogP contribution >= 0.6 is 11.8 Å². The van der Waals surface area contributed by atoms with E-state index in [9.17, 15) is 14.4 Å². The lowest BCUT2D eigenvalue weighted by molar-refractivity contribution is -0.113. The van der Waals surface area contributed by atoms with E-state index in [0.29, 0.717) is 10.8 Å². The molecule has 0 aliphatic rings. The molecule has 2 aromatic rings. The van der Waals surface area contributed by atoms with Gasteiger partial charge < -0.3 is 20.8 Å². The second kappa shape index (κ2) is 8.16. The summed E-state index contributed by atoms with van der Waals surface area (Å²) in [5.74, 6) is -1.41. The maximum Gasteiger partial charge on any atom is 0.356 e. The maximum absolute atomic E-state index is 12.0. The summed E-state index contributed by atoms with van der Waals surface area (Å²) in [5.41, 5.74) is 6.06. The van der Waals surface area contributed by atoms with Crippen LogP contribution in [0, 0.1) is 0 Å². The van der Waals surface area contributed by atoms with Crippen molar-refractivity contribution in [1.82, 2.24) is 9.97 Å². The fraction of sp³-hybridized carbons (Fsp3) is 0.200. The van der Waals surface area contributed by atoms with Gasteiger partial charge in [0.2, 0.25) is 5.91 Å². The Morgan fingerprint density at radius 3 is 2.79 bits per heavy atom. The molecule has 0 aliphatic carbocycles. The number of nitrogens with one attached hydrogen (secondary N) is 2. The molecule has 0 bridgehead atoms. The number of nitrogens with zero attached hydrogens (tertiary/aromatic N) is 1. The number of anilines is 1. The highest BCUT2D eigenvalue weighted by molar-refractivity contribution is 7.99.